The average molecular weight is 531 g/mol. The minimum atomic E-state index is -1.25. The van der Waals surface area contributed by atoms with Crippen LogP contribution in [0.4, 0.5) is 11.4 Å². The van der Waals surface area contributed by atoms with Gasteiger partial charge in [-0.1, -0.05) is 38.5 Å². The first kappa shape index (κ1) is 29.3. The monoisotopic (exact) mass is 530 g/mol. The molecular weight excluding hydrogens is 488 g/mol. The molecule has 2 atom stereocenters. The standard InChI is InChI=1S/C27H42N6O5/c1-27(2,13-20(34)31-19-15-30-14-18(22(19)29)26(37)38)33-25(36)23(17-11-7-4-8-12-17)32-24(35)21(28)16-9-5-3-6-10-16/h14-17,21,23H,3-13,28H2,1-2H3,(H2,29,30)(H,31,34)(H,32,35)(H,33,36)(H,37,38)/t21-,23-/m0/s1. The van der Waals surface area contributed by atoms with Gasteiger partial charge >= 0.3 is 5.97 Å². The van der Waals surface area contributed by atoms with Crippen LogP contribution in [-0.4, -0.2) is 51.4 Å². The molecule has 11 heteroatoms. The van der Waals surface area contributed by atoms with Crippen molar-refractivity contribution in [1.82, 2.24) is 15.6 Å². The smallest absolute Gasteiger partial charge is 0.339 e. The van der Waals surface area contributed by atoms with E-state index in [1.165, 1.54) is 6.20 Å². The molecular formula is C27H42N6O5. The van der Waals surface area contributed by atoms with Gasteiger partial charge in [-0.25, -0.2) is 4.79 Å². The van der Waals surface area contributed by atoms with Crippen molar-refractivity contribution >= 4 is 35.1 Å². The molecule has 11 nitrogen and oxygen atoms in total. The number of rotatable bonds is 10. The van der Waals surface area contributed by atoms with Gasteiger partial charge in [-0.15, -0.1) is 0 Å². The Morgan fingerprint density at radius 2 is 1.55 bits per heavy atom. The Hall–Kier alpha value is -3.21. The maximum absolute atomic E-state index is 13.5. The Morgan fingerprint density at radius 1 is 0.974 bits per heavy atom. The number of hydrogen-bond acceptors (Lipinski definition) is 7. The molecule has 1 aromatic rings. The van der Waals surface area contributed by atoms with E-state index in [4.69, 9.17) is 11.5 Å². The van der Waals surface area contributed by atoms with Gasteiger partial charge in [0.1, 0.15) is 11.6 Å². The highest BCUT2D eigenvalue weighted by atomic mass is 16.4. The van der Waals surface area contributed by atoms with Gasteiger partial charge in [0.25, 0.3) is 0 Å². The van der Waals surface area contributed by atoms with Crippen molar-refractivity contribution in [2.45, 2.75) is 102 Å². The largest absolute Gasteiger partial charge is 0.478 e. The quantitative estimate of drug-likeness (QED) is 0.266. The van der Waals surface area contributed by atoms with Crippen LogP contribution in [0, 0.1) is 11.8 Å². The summed E-state index contributed by atoms with van der Waals surface area (Å²) in [5.74, 6) is -2.23. The zero-order valence-corrected chi connectivity index (χ0v) is 22.4. The molecule has 0 spiro atoms. The molecule has 2 saturated carbocycles. The van der Waals surface area contributed by atoms with E-state index < -0.39 is 29.5 Å². The van der Waals surface area contributed by atoms with Crippen molar-refractivity contribution in [1.29, 1.82) is 0 Å². The SMILES string of the molecule is CC(C)(CC(=O)Nc1cncc(C(=O)O)c1N)NC(=O)[C@@H](NC(=O)[C@@H](N)C1CCCCC1)C1CCCCC1. The second-order valence-electron chi connectivity index (χ2n) is 11.4. The molecule has 0 unspecified atom stereocenters. The molecule has 2 aliphatic carbocycles. The number of carbonyl (C=O) groups is 4. The summed E-state index contributed by atoms with van der Waals surface area (Å²) in [5, 5.41) is 17.7. The van der Waals surface area contributed by atoms with Crippen LogP contribution in [0.3, 0.4) is 0 Å². The number of nitrogens with one attached hydrogen (secondary N) is 3. The van der Waals surface area contributed by atoms with E-state index >= 15 is 0 Å². The number of nitrogen functional groups attached to an aromatic ring is 1. The molecule has 3 amide bonds. The molecule has 0 aromatic carbocycles. The highest BCUT2D eigenvalue weighted by Gasteiger charge is 2.36. The van der Waals surface area contributed by atoms with Crippen molar-refractivity contribution in [2.24, 2.45) is 17.6 Å². The van der Waals surface area contributed by atoms with Crippen molar-refractivity contribution in [3.63, 3.8) is 0 Å². The Kier molecular flexibility index (Phi) is 10.1. The predicted molar refractivity (Wildman–Crippen MR) is 144 cm³/mol. The van der Waals surface area contributed by atoms with E-state index in [2.05, 4.69) is 20.9 Å². The first-order valence-corrected chi connectivity index (χ1v) is 13.6. The van der Waals surface area contributed by atoms with E-state index in [1.807, 2.05) is 0 Å². The molecule has 0 saturated heterocycles. The minimum Gasteiger partial charge on any atom is -0.478 e. The summed E-state index contributed by atoms with van der Waals surface area (Å²) in [5.41, 5.74) is 11.0. The third-order valence-corrected chi connectivity index (χ3v) is 7.72. The number of aromatic carboxylic acids is 1. The fraction of sp³-hybridized carbons (Fsp3) is 0.667. The second-order valence-corrected chi connectivity index (χ2v) is 11.4. The summed E-state index contributed by atoms with van der Waals surface area (Å²) in [6, 6.07) is -1.37. The molecule has 210 valence electrons. The van der Waals surface area contributed by atoms with Gasteiger partial charge in [-0.3, -0.25) is 19.4 Å². The summed E-state index contributed by atoms with van der Waals surface area (Å²) in [4.78, 5) is 54.5. The number of amides is 3. The van der Waals surface area contributed by atoms with Gasteiger partial charge in [-0.05, 0) is 51.4 Å². The van der Waals surface area contributed by atoms with Gasteiger partial charge < -0.3 is 32.5 Å². The predicted octanol–water partition coefficient (Wildman–Crippen LogP) is 2.56. The Morgan fingerprint density at radius 3 is 2.13 bits per heavy atom. The first-order valence-electron chi connectivity index (χ1n) is 13.6. The molecule has 0 radical (unpaired) electrons. The van der Waals surface area contributed by atoms with E-state index in [0.29, 0.717) is 0 Å². The van der Waals surface area contributed by atoms with Crippen molar-refractivity contribution < 1.29 is 24.3 Å². The third-order valence-electron chi connectivity index (χ3n) is 7.72. The van der Waals surface area contributed by atoms with Crippen LogP contribution in [0.2, 0.25) is 0 Å². The second kappa shape index (κ2) is 13.0. The molecule has 0 bridgehead atoms. The van der Waals surface area contributed by atoms with E-state index in [1.54, 1.807) is 13.8 Å². The summed E-state index contributed by atoms with van der Waals surface area (Å²) < 4.78 is 0. The van der Waals surface area contributed by atoms with Crippen LogP contribution < -0.4 is 27.4 Å². The number of nitrogens with zero attached hydrogens (tertiary/aromatic N) is 1. The number of carboxylic acids is 1. The maximum atomic E-state index is 13.5. The molecule has 3 rings (SSSR count). The van der Waals surface area contributed by atoms with Crippen LogP contribution in [0.25, 0.3) is 0 Å². The lowest BCUT2D eigenvalue weighted by molar-refractivity contribution is -0.133. The molecule has 2 fully saturated rings. The van der Waals surface area contributed by atoms with Crippen molar-refractivity contribution in [3.05, 3.63) is 18.0 Å². The van der Waals surface area contributed by atoms with Gasteiger partial charge in [-0.2, -0.15) is 0 Å². The average Bonchev–Trinajstić information content (AvgIpc) is 2.88. The molecule has 2 aliphatic rings. The van der Waals surface area contributed by atoms with Crippen LogP contribution >= 0.6 is 0 Å². The molecule has 38 heavy (non-hydrogen) atoms. The third kappa shape index (κ3) is 7.89. The maximum Gasteiger partial charge on any atom is 0.339 e. The summed E-state index contributed by atoms with van der Waals surface area (Å²) in [6.07, 6.45) is 12.2. The number of nitrogens with two attached hydrogens (primary N) is 2. The summed E-state index contributed by atoms with van der Waals surface area (Å²) in [7, 11) is 0. The molecule has 1 heterocycles. The fourth-order valence-electron chi connectivity index (χ4n) is 5.61. The Balaban J connectivity index is 1.66. The number of pyridine rings is 1. The number of anilines is 2. The van der Waals surface area contributed by atoms with Crippen LogP contribution in [0.1, 0.15) is 94.8 Å². The van der Waals surface area contributed by atoms with Gasteiger partial charge in [0.05, 0.1) is 23.6 Å². The van der Waals surface area contributed by atoms with Crippen LogP contribution in [-0.2, 0) is 14.4 Å². The van der Waals surface area contributed by atoms with E-state index in [0.717, 1.165) is 70.4 Å². The molecule has 8 N–H and O–H groups in total. The lowest BCUT2D eigenvalue weighted by atomic mass is 9.81. The minimum absolute atomic E-state index is 0.000476. The molecule has 0 aliphatic heterocycles. The Labute approximate surface area is 223 Å². The lowest BCUT2D eigenvalue weighted by Crippen LogP contribution is -2.59. The van der Waals surface area contributed by atoms with Crippen molar-refractivity contribution in [2.75, 3.05) is 11.1 Å². The fourth-order valence-corrected chi connectivity index (χ4v) is 5.61. The van der Waals surface area contributed by atoms with Crippen molar-refractivity contribution in [3.8, 4) is 0 Å². The number of aromatic nitrogens is 1. The zero-order chi connectivity index (χ0) is 27.9. The normalized spacial score (nSPS) is 18.7. The van der Waals surface area contributed by atoms with E-state index in [-0.39, 0.29) is 47.0 Å². The van der Waals surface area contributed by atoms with E-state index in [9.17, 15) is 24.3 Å². The van der Waals surface area contributed by atoms with Crippen LogP contribution in [0.5, 0.6) is 0 Å². The summed E-state index contributed by atoms with van der Waals surface area (Å²) in [6.45, 7) is 3.43. The van der Waals surface area contributed by atoms with Gasteiger partial charge in [0.2, 0.25) is 17.7 Å². The van der Waals surface area contributed by atoms with Gasteiger partial charge in [0, 0.05) is 18.2 Å². The highest BCUT2D eigenvalue weighted by Crippen LogP contribution is 2.29. The number of hydrogen-bond donors (Lipinski definition) is 6. The zero-order valence-electron chi connectivity index (χ0n) is 22.4. The molecule has 1 aromatic heterocycles. The van der Waals surface area contributed by atoms with Gasteiger partial charge in [0.15, 0.2) is 0 Å². The highest BCUT2D eigenvalue weighted by molar-refractivity contribution is 6.01. The lowest BCUT2D eigenvalue weighted by Gasteiger charge is -2.35. The topological polar surface area (TPSA) is 190 Å². The number of carbonyl (C=O) groups excluding carboxylic acids is 3. The first-order chi connectivity index (χ1) is 18.0. The Bertz CT molecular complexity index is 1020. The van der Waals surface area contributed by atoms with Crippen LogP contribution in [0.15, 0.2) is 12.4 Å². The number of carboxylic acid groups (broad SMARTS) is 1. The summed E-state index contributed by atoms with van der Waals surface area (Å²) >= 11 is 0.